The Morgan fingerprint density at radius 3 is 2.78 bits per heavy atom. The van der Waals surface area contributed by atoms with Crippen molar-refractivity contribution in [1.29, 1.82) is 0 Å². The third-order valence-electron chi connectivity index (χ3n) is 2.71. The minimum absolute atomic E-state index is 0.792. The van der Waals surface area contributed by atoms with Gasteiger partial charge in [0.25, 0.3) is 0 Å². The van der Waals surface area contributed by atoms with E-state index in [9.17, 15) is 0 Å². The lowest BCUT2D eigenvalue weighted by atomic mass is 10.1. The van der Waals surface area contributed by atoms with E-state index in [2.05, 4.69) is 53.3 Å². The first-order valence-corrected chi connectivity index (χ1v) is 7.05. The molecule has 0 aliphatic rings. The number of aryl methyl sites for hydroxylation is 1. The first-order valence-electron chi connectivity index (χ1n) is 6.26. The smallest absolute Gasteiger partial charge is 0.134 e. The highest BCUT2D eigenvalue weighted by Gasteiger charge is 2.06. The van der Waals surface area contributed by atoms with Crippen LogP contribution in [0.1, 0.15) is 24.7 Å². The summed E-state index contributed by atoms with van der Waals surface area (Å²) in [6, 6.07) is 10.4. The fraction of sp³-hybridized carbons (Fsp3) is 0.333. The fourth-order valence-corrected chi connectivity index (χ4v) is 2.50. The Hall–Kier alpha value is -1.06. The Bertz CT molecular complexity index is 499. The van der Waals surface area contributed by atoms with Gasteiger partial charge >= 0.3 is 0 Å². The molecule has 2 nitrogen and oxygen atoms in total. The third-order valence-corrected chi connectivity index (χ3v) is 3.17. The second-order valence-corrected chi connectivity index (χ2v) is 5.38. The number of benzene rings is 1. The normalized spacial score (nSPS) is 10.8. The molecule has 0 aliphatic heterocycles. The molecule has 0 spiro atoms. The molecule has 0 amide bonds. The molecule has 0 fully saturated rings. The molecule has 2 aromatic rings. The van der Waals surface area contributed by atoms with Crippen LogP contribution in [0.3, 0.4) is 0 Å². The summed E-state index contributed by atoms with van der Waals surface area (Å²) in [7, 11) is 0. The first-order chi connectivity index (χ1) is 8.69. The Kier molecular flexibility index (Phi) is 4.61. The van der Waals surface area contributed by atoms with Crippen LogP contribution >= 0.6 is 15.9 Å². The van der Waals surface area contributed by atoms with Gasteiger partial charge in [-0.2, -0.15) is 0 Å². The summed E-state index contributed by atoms with van der Waals surface area (Å²) in [6.07, 6.45) is 1.14. The molecule has 0 aliphatic carbocycles. The Balaban J connectivity index is 2.13. The zero-order chi connectivity index (χ0) is 13.0. The fourth-order valence-electron chi connectivity index (χ4n) is 1.90. The summed E-state index contributed by atoms with van der Waals surface area (Å²) in [4.78, 5) is 0. The predicted molar refractivity (Wildman–Crippen MR) is 78.6 cm³/mol. The number of rotatable bonds is 5. The summed E-state index contributed by atoms with van der Waals surface area (Å²) in [5.41, 5.74) is 2.34. The molecule has 3 heteroatoms. The Labute approximate surface area is 117 Å². The topological polar surface area (TPSA) is 25.2 Å². The molecule has 0 radical (unpaired) electrons. The van der Waals surface area contributed by atoms with Crippen LogP contribution in [0.2, 0.25) is 0 Å². The molecule has 96 valence electrons. The van der Waals surface area contributed by atoms with Gasteiger partial charge in [0.15, 0.2) is 0 Å². The molecule has 1 N–H and O–H groups in total. The summed E-state index contributed by atoms with van der Waals surface area (Å²) in [5.74, 6) is 1.91. The van der Waals surface area contributed by atoms with Crippen molar-refractivity contribution in [3.63, 3.8) is 0 Å². The van der Waals surface area contributed by atoms with Crippen LogP contribution in [0.15, 0.2) is 39.2 Å². The van der Waals surface area contributed by atoms with Crippen molar-refractivity contribution in [2.24, 2.45) is 0 Å². The molecule has 0 saturated carbocycles. The van der Waals surface area contributed by atoms with Crippen molar-refractivity contribution < 1.29 is 4.42 Å². The van der Waals surface area contributed by atoms with Gasteiger partial charge in [-0.25, -0.2) is 0 Å². The molecule has 0 saturated heterocycles. The minimum Gasteiger partial charge on any atom is -0.460 e. The summed E-state index contributed by atoms with van der Waals surface area (Å²) < 4.78 is 6.93. The van der Waals surface area contributed by atoms with E-state index in [0.717, 1.165) is 41.1 Å². The second-order valence-electron chi connectivity index (χ2n) is 4.46. The molecule has 0 bridgehead atoms. The zero-order valence-electron chi connectivity index (χ0n) is 10.8. The van der Waals surface area contributed by atoms with Crippen LogP contribution in [0.5, 0.6) is 0 Å². The van der Waals surface area contributed by atoms with E-state index in [1.807, 2.05) is 12.1 Å². The number of hydrogen-bond acceptors (Lipinski definition) is 2. The van der Waals surface area contributed by atoms with E-state index in [1.165, 1.54) is 5.56 Å². The van der Waals surface area contributed by atoms with Crippen molar-refractivity contribution >= 4 is 15.9 Å². The largest absolute Gasteiger partial charge is 0.460 e. The lowest BCUT2D eigenvalue weighted by Gasteiger charge is -2.02. The zero-order valence-corrected chi connectivity index (χ0v) is 12.4. The molecule has 1 aromatic carbocycles. The molecule has 1 heterocycles. The third kappa shape index (κ3) is 3.47. The van der Waals surface area contributed by atoms with Crippen molar-refractivity contribution in [3.8, 4) is 11.3 Å². The van der Waals surface area contributed by atoms with Crippen LogP contribution in [0.4, 0.5) is 0 Å². The highest BCUT2D eigenvalue weighted by molar-refractivity contribution is 9.10. The summed E-state index contributed by atoms with van der Waals surface area (Å²) >= 11 is 3.51. The maximum atomic E-state index is 5.84. The highest BCUT2D eigenvalue weighted by Crippen LogP contribution is 2.26. The first kappa shape index (κ1) is 13.4. The Morgan fingerprint density at radius 1 is 1.22 bits per heavy atom. The van der Waals surface area contributed by atoms with Crippen molar-refractivity contribution in [2.75, 3.05) is 6.54 Å². The van der Waals surface area contributed by atoms with Gasteiger partial charge in [0.1, 0.15) is 11.5 Å². The quantitative estimate of drug-likeness (QED) is 0.822. The average Bonchev–Trinajstić information content (AvgIpc) is 2.77. The molecule has 2 rings (SSSR count). The maximum Gasteiger partial charge on any atom is 0.134 e. The Morgan fingerprint density at radius 2 is 2.06 bits per heavy atom. The molecule has 0 unspecified atom stereocenters. The van der Waals surface area contributed by atoms with Crippen LogP contribution in [0, 0.1) is 6.92 Å². The van der Waals surface area contributed by atoms with Crippen LogP contribution in [-0.4, -0.2) is 6.54 Å². The van der Waals surface area contributed by atoms with Gasteiger partial charge in [-0.15, -0.1) is 0 Å². The van der Waals surface area contributed by atoms with Crippen molar-refractivity contribution in [2.45, 2.75) is 26.8 Å². The summed E-state index contributed by atoms with van der Waals surface area (Å²) in [5, 5.41) is 3.34. The predicted octanol–water partition coefficient (Wildman–Crippen LogP) is 4.52. The van der Waals surface area contributed by atoms with Gasteiger partial charge in [0.05, 0.1) is 6.54 Å². The van der Waals surface area contributed by atoms with Gasteiger partial charge < -0.3 is 9.73 Å². The highest BCUT2D eigenvalue weighted by atomic mass is 79.9. The molecule has 18 heavy (non-hydrogen) atoms. The van der Waals surface area contributed by atoms with Crippen molar-refractivity contribution in [1.82, 2.24) is 5.32 Å². The van der Waals surface area contributed by atoms with E-state index < -0.39 is 0 Å². The van der Waals surface area contributed by atoms with Gasteiger partial charge in [-0.05, 0) is 55.8 Å². The van der Waals surface area contributed by atoms with Gasteiger partial charge in [0.2, 0.25) is 0 Å². The van der Waals surface area contributed by atoms with E-state index in [4.69, 9.17) is 4.42 Å². The lowest BCUT2D eigenvalue weighted by Crippen LogP contribution is -2.12. The van der Waals surface area contributed by atoms with Crippen molar-refractivity contribution in [3.05, 3.63) is 46.1 Å². The van der Waals surface area contributed by atoms with Crippen LogP contribution in [-0.2, 0) is 6.54 Å². The van der Waals surface area contributed by atoms with Crippen LogP contribution in [0.25, 0.3) is 11.3 Å². The minimum atomic E-state index is 0.792. The maximum absolute atomic E-state index is 5.84. The van der Waals surface area contributed by atoms with Gasteiger partial charge in [0, 0.05) is 10.0 Å². The van der Waals surface area contributed by atoms with Gasteiger partial charge in [-0.3, -0.25) is 0 Å². The molecule has 1 aromatic heterocycles. The average molecular weight is 308 g/mol. The van der Waals surface area contributed by atoms with E-state index in [1.54, 1.807) is 0 Å². The van der Waals surface area contributed by atoms with E-state index in [0.29, 0.717) is 0 Å². The molecule has 0 atom stereocenters. The SMILES string of the molecule is CCCNCc1ccc(-c2cc(C)cc(Br)c2)o1. The monoisotopic (exact) mass is 307 g/mol. The second kappa shape index (κ2) is 6.21. The van der Waals surface area contributed by atoms with E-state index in [-0.39, 0.29) is 0 Å². The number of hydrogen-bond donors (Lipinski definition) is 1. The molecular weight excluding hydrogens is 290 g/mol. The number of halogens is 1. The molecular formula is C15H18BrNO. The number of nitrogens with one attached hydrogen (secondary N) is 1. The lowest BCUT2D eigenvalue weighted by molar-refractivity contribution is 0.493. The number of furan rings is 1. The standard InChI is InChI=1S/C15H18BrNO/c1-3-6-17-10-14-4-5-15(18-14)12-7-11(2)8-13(16)9-12/h4-5,7-9,17H,3,6,10H2,1-2H3. The van der Waals surface area contributed by atoms with Gasteiger partial charge in [-0.1, -0.05) is 22.9 Å². The van der Waals surface area contributed by atoms with E-state index >= 15 is 0 Å². The summed E-state index contributed by atoms with van der Waals surface area (Å²) in [6.45, 7) is 6.05. The van der Waals surface area contributed by atoms with Crippen LogP contribution < -0.4 is 5.32 Å².